The fourth-order valence-corrected chi connectivity index (χ4v) is 2.56. The van der Waals surface area contributed by atoms with Crippen LogP contribution in [0.3, 0.4) is 0 Å². The lowest BCUT2D eigenvalue weighted by atomic mass is 10.1. The summed E-state index contributed by atoms with van der Waals surface area (Å²) in [5.74, 6) is 0.0594. The number of aromatic nitrogens is 3. The Hall–Kier alpha value is -2.96. The Labute approximate surface area is 144 Å². The van der Waals surface area contributed by atoms with Crippen LogP contribution in [0.5, 0.6) is 0 Å². The maximum atomic E-state index is 14.4. The molecule has 25 heavy (non-hydrogen) atoms. The molecule has 2 aromatic heterocycles. The highest BCUT2D eigenvalue weighted by Crippen LogP contribution is 2.20. The summed E-state index contributed by atoms with van der Waals surface area (Å²) in [4.78, 5) is 12.1. The van der Waals surface area contributed by atoms with Crippen molar-refractivity contribution in [1.82, 2.24) is 20.3 Å². The minimum absolute atomic E-state index is 0.120. The molecule has 0 bridgehead atoms. The van der Waals surface area contributed by atoms with Gasteiger partial charge in [-0.25, -0.2) is 9.07 Å². The van der Waals surface area contributed by atoms with E-state index in [0.717, 1.165) is 5.56 Å². The van der Waals surface area contributed by atoms with Gasteiger partial charge in [0.15, 0.2) is 0 Å². The lowest BCUT2D eigenvalue weighted by Crippen LogP contribution is -2.28. The van der Waals surface area contributed by atoms with E-state index in [4.69, 9.17) is 4.52 Å². The predicted molar refractivity (Wildman–Crippen MR) is 89.8 cm³/mol. The molecule has 3 aromatic rings. The quantitative estimate of drug-likeness (QED) is 0.773. The second-order valence-electron chi connectivity index (χ2n) is 6.07. The van der Waals surface area contributed by atoms with E-state index in [1.165, 1.54) is 10.7 Å². The molecular formula is C18H19FN4O2. The molecule has 1 unspecified atom stereocenters. The third kappa shape index (κ3) is 3.93. The molecule has 1 amide bonds. The van der Waals surface area contributed by atoms with E-state index in [-0.39, 0.29) is 18.4 Å². The van der Waals surface area contributed by atoms with E-state index in [0.29, 0.717) is 22.7 Å². The number of benzene rings is 1. The highest BCUT2D eigenvalue weighted by Gasteiger charge is 2.14. The van der Waals surface area contributed by atoms with Crippen molar-refractivity contribution in [3.63, 3.8) is 0 Å². The first-order valence-corrected chi connectivity index (χ1v) is 7.95. The molecule has 1 atom stereocenters. The zero-order chi connectivity index (χ0) is 18.0. The Kier molecular flexibility index (Phi) is 4.65. The lowest BCUT2D eigenvalue weighted by molar-refractivity contribution is -0.121. The summed E-state index contributed by atoms with van der Waals surface area (Å²) in [7, 11) is 0. The average Bonchev–Trinajstić information content (AvgIpc) is 3.15. The molecule has 130 valence electrons. The van der Waals surface area contributed by atoms with E-state index in [1.54, 1.807) is 44.4 Å². The molecule has 0 radical (unpaired) electrons. The summed E-state index contributed by atoms with van der Waals surface area (Å²) in [5, 5.41) is 10.7. The van der Waals surface area contributed by atoms with Gasteiger partial charge in [0.2, 0.25) is 5.91 Å². The van der Waals surface area contributed by atoms with E-state index >= 15 is 0 Å². The van der Waals surface area contributed by atoms with Gasteiger partial charge in [-0.3, -0.25) is 4.79 Å². The second-order valence-corrected chi connectivity index (χ2v) is 6.07. The van der Waals surface area contributed by atoms with Crippen LogP contribution in [0.15, 0.2) is 41.2 Å². The zero-order valence-corrected chi connectivity index (χ0v) is 14.3. The van der Waals surface area contributed by atoms with Gasteiger partial charge in [-0.05, 0) is 44.0 Å². The molecule has 0 fully saturated rings. The molecule has 1 N–H and O–H groups in total. The molecule has 2 heterocycles. The monoisotopic (exact) mass is 342 g/mol. The molecule has 3 rings (SSSR count). The number of halogens is 1. The van der Waals surface area contributed by atoms with Crippen LogP contribution in [0.4, 0.5) is 4.39 Å². The van der Waals surface area contributed by atoms with Crippen LogP contribution in [0, 0.1) is 19.7 Å². The van der Waals surface area contributed by atoms with Crippen molar-refractivity contribution in [1.29, 1.82) is 0 Å². The van der Waals surface area contributed by atoms with Gasteiger partial charge < -0.3 is 9.84 Å². The standard InChI is InChI=1S/C18H19FN4O2/c1-11-9-20-23(10-11)17-5-4-14(7-16(17)19)13(3)21-18(24)8-15-6-12(2)25-22-15/h4-7,9-10,13H,8H2,1-3H3,(H,21,24). The normalized spacial score (nSPS) is 12.2. The van der Waals surface area contributed by atoms with Crippen LogP contribution in [0.1, 0.15) is 35.5 Å². The lowest BCUT2D eigenvalue weighted by Gasteiger charge is -2.15. The number of nitrogens with zero attached hydrogens (tertiary/aromatic N) is 3. The fourth-order valence-electron chi connectivity index (χ4n) is 2.56. The number of hydrogen-bond donors (Lipinski definition) is 1. The molecular weight excluding hydrogens is 323 g/mol. The number of hydrogen-bond acceptors (Lipinski definition) is 4. The van der Waals surface area contributed by atoms with Crippen molar-refractivity contribution in [3.05, 3.63) is 65.1 Å². The third-order valence-electron chi connectivity index (χ3n) is 3.83. The van der Waals surface area contributed by atoms with Gasteiger partial charge in [0.25, 0.3) is 0 Å². The van der Waals surface area contributed by atoms with Gasteiger partial charge in [0, 0.05) is 12.3 Å². The van der Waals surface area contributed by atoms with E-state index in [1.807, 2.05) is 6.92 Å². The summed E-state index contributed by atoms with van der Waals surface area (Å²) in [6.45, 7) is 5.46. The Balaban J connectivity index is 1.68. The van der Waals surface area contributed by atoms with Crippen molar-refractivity contribution in [3.8, 4) is 5.69 Å². The molecule has 1 aromatic carbocycles. The van der Waals surface area contributed by atoms with E-state index < -0.39 is 5.82 Å². The van der Waals surface area contributed by atoms with Crippen LogP contribution in [-0.4, -0.2) is 20.8 Å². The fraction of sp³-hybridized carbons (Fsp3) is 0.278. The summed E-state index contributed by atoms with van der Waals surface area (Å²) in [6.07, 6.45) is 3.54. The number of carbonyl (C=O) groups is 1. The van der Waals surface area contributed by atoms with Crippen molar-refractivity contribution in [2.45, 2.75) is 33.2 Å². The summed E-state index contributed by atoms with van der Waals surface area (Å²) in [5.41, 5.74) is 2.56. The van der Waals surface area contributed by atoms with E-state index in [9.17, 15) is 9.18 Å². The SMILES string of the molecule is Cc1cnn(-c2ccc(C(C)NC(=O)Cc3cc(C)on3)cc2F)c1. The number of nitrogens with one attached hydrogen (secondary N) is 1. The van der Waals surface area contributed by atoms with Crippen LogP contribution in [-0.2, 0) is 11.2 Å². The number of rotatable bonds is 5. The Morgan fingerprint density at radius 1 is 1.36 bits per heavy atom. The minimum atomic E-state index is -0.395. The molecule has 0 aliphatic rings. The summed E-state index contributed by atoms with van der Waals surface area (Å²) < 4.78 is 20.8. The number of amides is 1. The first-order valence-electron chi connectivity index (χ1n) is 7.95. The van der Waals surface area contributed by atoms with Gasteiger partial charge in [-0.15, -0.1) is 0 Å². The van der Waals surface area contributed by atoms with Gasteiger partial charge in [0.1, 0.15) is 17.3 Å². The summed E-state index contributed by atoms with van der Waals surface area (Å²) >= 11 is 0. The smallest absolute Gasteiger partial charge is 0.226 e. The number of carbonyl (C=O) groups excluding carboxylic acids is 1. The van der Waals surface area contributed by atoms with Gasteiger partial charge in [0.05, 0.1) is 24.4 Å². The molecule has 0 aliphatic carbocycles. The zero-order valence-electron chi connectivity index (χ0n) is 14.3. The average molecular weight is 342 g/mol. The van der Waals surface area contributed by atoms with Crippen molar-refractivity contribution in [2.75, 3.05) is 0 Å². The second kappa shape index (κ2) is 6.88. The Bertz CT molecular complexity index is 900. The predicted octanol–water partition coefficient (Wildman–Crippen LogP) is 3.04. The molecule has 6 nitrogen and oxygen atoms in total. The first kappa shape index (κ1) is 16.9. The molecule has 0 saturated carbocycles. The largest absolute Gasteiger partial charge is 0.361 e. The molecule has 0 saturated heterocycles. The highest BCUT2D eigenvalue weighted by atomic mass is 19.1. The topological polar surface area (TPSA) is 73.0 Å². The molecule has 0 aliphatic heterocycles. The van der Waals surface area contributed by atoms with Crippen LogP contribution in [0.25, 0.3) is 5.69 Å². The van der Waals surface area contributed by atoms with Gasteiger partial charge >= 0.3 is 0 Å². The highest BCUT2D eigenvalue weighted by molar-refractivity contribution is 5.78. The maximum Gasteiger partial charge on any atom is 0.226 e. The van der Waals surface area contributed by atoms with E-state index in [2.05, 4.69) is 15.6 Å². The third-order valence-corrected chi connectivity index (χ3v) is 3.83. The minimum Gasteiger partial charge on any atom is -0.361 e. The van der Waals surface area contributed by atoms with Gasteiger partial charge in [-0.1, -0.05) is 11.2 Å². The maximum absolute atomic E-state index is 14.4. The Morgan fingerprint density at radius 2 is 2.16 bits per heavy atom. The van der Waals surface area contributed by atoms with Crippen molar-refractivity contribution in [2.24, 2.45) is 0 Å². The summed E-state index contributed by atoms with van der Waals surface area (Å²) in [6, 6.07) is 6.23. The molecule has 0 spiro atoms. The van der Waals surface area contributed by atoms with Crippen LogP contribution < -0.4 is 5.32 Å². The van der Waals surface area contributed by atoms with Crippen molar-refractivity contribution < 1.29 is 13.7 Å². The molecule has 7 heteroatoms. The van der Waals surface area contributed by atoms with Gasteiger partial charge in [-0.2, -0.15) is 5.10 Å². The first-order chi connectivity index (χ1) is 11.9. The Morgan fingerprint density at radius 3 is 2.76 bits per heavy atom. The number of aryl methyl sites for hydroxylation is 2. The van der Waals surface area contributed by atoms with Crippen LogP contribution in [0.2, 0.25) is 0 Å². The van der Waals surface area contributed by atoms with Crippen molar-refractivity contribution >= 4 is 5.91 Å². The van der Waals surface area contributed by atoms with Crippen LogP contribution >= 0.6 is 0 Å².